The Bertz CT molecular complexity index is 321. The molecule has 2 unspecified atom stereocenters. The molecule has 0 aliphatic carbocycles. The van der Waals surface area contributed by atoms with Crippen LogP contribution < -0.4 is 5.32 Å². The molecule has 0 spiro atoms. The molecule has 0 bridgehead atoms. The van der Waals surface area contributed by atoms with Crippen molar-refractivity contribution in [3.8, 4) is 0 Å². The number of halogens is 1. The number of nitrogens with one attached hydrogen (secondary N) is 1. The van der Waals surface area contributed by atoms with Crippen LogP contribution >= 0.6 is 24.0 Å². The highest BCUT2D eigenvalue weighted by atomic mass is 127. The van der Waals surface area contributed by atoms with Crippen LogP contribution in [0, 0.1) is 17.8 Å². The van der Waals surface area contributed by atoms with Gasteiger partial charge in [0, 0.05) is 45.8 Å². The van der Waals surface area contributed by atoms with Crippen molar-refractivity contribution < 1.29 is 9.84 Å². The molecule has 2 N–H and O–H groups in total. The average molecular weight is 441 g/mol. The van der Waals surface area contributed by atoms with E-state index < -0.39 is 0 Å². The summed E-state index contributed by atoms with van der Waals surface area (Å²) >= 11 is 0. The van der Waals surface area contributed by atoms with Crippen LogP contribution in [0.2, 0.25) is 0 Å². The summed E-state index contributed by atoms with van der Waals surface area (Å²) in [5.74, 6) is 2.68. The quantitative estimate of drug-likeness (QED) is 0.328. The number of nitrogens with zero attached hydrogens (tertiary/aromatic N) is 2. The van der Waals surface area contributed by atoms with Crippen molar-refractivity contribution in [2.75, 3.05) is 46.5 Å². The predicted molar refractivity (Wildman–Crippen MR) is 108 cm³/mol. The van der Waals surface area contributed by atoms with E-state index in [1.807, 2.05) is 0 Å². The van der Waals surface area contributed by atoms with E-state index in [0.29, 0.717) is 17.8 Å². The van der Waals surface area contributed by atoms with Gasteiger partial charge in [-0.2, -0.15) is 0 Å². The Hall–Kier alpha value is -0.0800. The van der Waals surface area contributed by atoms with Gasteiger partial charge in [0.15, 0.2) is 5.96 Å². The van der Waals surface area contributed by atoms with Gasteiger partial charge in [-0.15, -0.1) is 24.0 Å². The molecule has 0 amide bonds. The summed E-state index contributed by atoms with van der Waals surface area (Å²) in [6.07, 6.45) is 3.09. The average Bonchev–Trinajstić information content (AvgIpc) is 2.95. The van der Waals surface area contributed by atoms with Gasteiger partial charge in [-0.25, -0.2) is 0 Å². The van der Waals surface area contributed by atoms with Crippen LogP contribution in [0.15, 0.2) is 4.99 Å². The number of aliphatic imine (C=N–C) groups is 1. The van der Waals surface area contributed by atoms with E-state index in [9.17, 15) is 5.11 Å². The highest BCUT2D eigenvalue weighted by Crippen LogP contribution is 2.16. The van der Waals surface area contributed by atoms with Gasteiger partial charge in [0.1, 0.15) is 0 Å². The van der Waals surface area contributed by atoms with E-state index in [4.69, 9.17) is 9.73 Å². The second-order valence-electron chi connectivity index (χ2n) is 6.81. The molecule has 6 heteroatoms. The molecule has 5 nitrogen and oxygen atoms in total. The zero-order chi connectivity index (χ0) is 16.4. The van der Waals surface area contributed by atoms with Crippen LogP contribution in [0.1, 0.15) is 40.0 Å². The topological polar surface area (TPSA) is 57.1 Å². The van der Waals surface area contributed by atoms with E-state index in [2.05, 4.69) is 38.0 Å². The fraction of sp³-hybridized carbons (Fsp3) is 0.941. The Labute approximate surface area is 159 Å². The predicted octanol–water partition coefficient (Wildman–Crippen LogP) is 2.58. The summed E-state index contributed by atoms with van der Waals surface area (Å²) in [5, 5.41) is 12.6. The molecule has 0 aromatic carbocycles. The summed E-state index contributed by atoms with van der Waals surface area (Å²) < 4.78 is 5.46. The van der Waals surface area contributed by atoms with E-state index >= 15 is 0 Å². The minimum atomic E-state index is 0. The van der Waals surface area contributed by atoms with Gasteiger partial charge in [-0.3, -0.25) is 4.99 Å². The lowest BCUT2D eigenvalue weighted by molar-refractivity contribution is 0.181. The maximum atomic E-state index is 9.23. The number of aliphatic hydroxyl groups is 1. The van der Waals surface area contributed by atoms with Gasteiger partial charge in [0.05, 0.1) is 6.61 Å². The van der Waals surface area contributed by atoms with E-state index in [1.54, 1.807) is 0 Å². The molecule has 23 heavy (non-hydrogen) atoms. The molecule has 0 radical (unpaired) electrons. The Kier molecular flexibility index (Phi) is 13.2. The highest BCUT2D eigenvalue weighted by Gasteiger charge is 2.19. The fourth-order valence-corrected chi connectivity index (χ4v) is 3.02. The van der Waals surface area contributed by atoms with Gasteiger partial charge in [-0.05, 0) is 38.0 Å². The SMILES string of the molecule is CCNC(=NCC(CCO)CC(C)C)N(C)CC1CCOC1.I. The van der Waals surface area contributed by atoms with Crippen LogP contribution in [-0.2, 0) is 4.74 Å². The van der Waals surface area contributed by atoms with Crippen LogP contribution in [0.4, 0.5) is 0 Å². The van der Waals surface area contributed by atoms with Crippen LogP contribution in [-0.4, -0.2) is 62.5 Å². The monoisotopic (exact) mass is 441 g/mol. The fourth-order valence-electron chi connectivity index (χ4n) is 3.02. The Morgan fingerprint density at radius 2 is 2.17 bits per heavy atom. The molecule has 138 valence electrons. The third-order valence-electron chi connectivity index (χ3n) is 4.09. The Morgan fingerprint density at radius 1 is 1.43 bits per heavy atom. The molecule has 0 aromatic rings. The number of hydrogen-bond acceptors (Lipinski definition) is 3. The molecule has 1 aliphatic rings. The first kappa shape index (κ1) is 22.9. The third-order valence-corrected chi connectivity index (χ3v) is 4.09. The maximum absolute atomic E-state index is 9.23. The lowest BCUT2D eigenvalue weighted by Gasteiger charge is -2.25. The first-order valence-corrected chi connectivity index (χ1v) is 8.74. The second-order valence-corrected chi connectivity index (χ2v) is 6.81. The normalized spacial score (nSPS) is 19.6. The lowest BCUT2D eigenvalue weighted by Crippen LogP contribution is -2.41. The number of guanidine groups is 1. The summed E-state index contributed by atoms with van der Waals surface area (Å²) in [6.45, 7) is 11.2. The first-order valence-electron chi connectivity index (χ1n) is 8.74. The molecule has 1 fully saturated rings. The minimum absolute atomic E-state index is 0. The number of aliphatic hydroxyl groups excluding tert-OH is 1. The summed E-state index contributed by atoms with van der Waals surface area (Å²) in [4.78, 5) is 7.02. The zero-order valence-electron chi connectivity index (χ0n) is 15.3. The second kappa shape index (κ2) is 13.2. The van der Waals surface area contributed by atoms with Crippen molar-refractivity contribution in [2.45, 2.75) is 40.0 Å². The molecule has 2 atom stereocenters. The smallest absolute Gasteiger partial charge is 0.193 e. The van der Waals surface area contributed by atoms with Gasteiger partial charge >= 0.3 is 0 Å². The Balaban J connectivity index is 0.00000484. The van der Waals surface area contributed by atoms with Crippen molar-refractivity contribution in [1.29, 1.82) is 0 Å². The highest BCUT2D eigenvalue weighted by molar-refractivity contribution is 14.0. The summed E-state index contributed by atoms with van der Waals surface area (Å²) in [7, 11) is 2.10. The molecular formula is C17H36IN3O2. The van der Waals surface area contributed by atoms with Crippen molar-refractivity contribution in [3.63, 3.8) is 0 Å². The molecule has 0 saturated carbocycles. The molecule has 1 heterocycles. The molecule has 1 rings (SSSR count). The van der Waals surface area contributed by atoms with Gasteiger partial charge in [0.25, 0.3) is 0 Å². The lowest BCUT2D eigenvalue weighted by atomic mass is 9.94. The van der Waals surface area contributed by atoms with E-state index in [1.165, 1.54) is 0 Å². The standard InChI is InChI=1S/C17H35N3O2.HI/c1-5-18-17(20(4)12-16-7-9-22-13-16)19-11-15(6-8-21)10-14(2)3;/h14-16,21H,5-13H2,1-4H3,(H,18,19);1H. The van der Waals surface area contributed by atoms with Crippen molar-refractivity contribution in [2.24, 2.45) is 22.7 Å². The molecule has 0 aromatic heterocycles. The zero-order valence-corrected chi connectivity index (χ0v) is 17.6. The van der Waals surface area contributed by atoms with Gasteiger partial charge in [-0.1, -0.05) is 13.8 Å². The van der Waals surface area contributed by atoms with Crippen LogP contribution in [0.3, 0.4) is 0 Å². The van der Waals surface area contributed by atoms with Crippen LogP contribution in [0.5, 0.6) is 0 Å². The maximum Gasteiger partial charge on any atom is 0.193 e. The van der Waals surface area contributed by atoms with Crippen molar-refractivity contribution in [3.05, 3.63) is 0 Å². The largest absolute Gasteiger partial charge is 0.396 e. The number of rotatable bonds is 9. The molecule has 1 saturated heterocycles. The summed E-state index contributed by atoms with van der Waals surface area (Å²) in [6, 6.07) is 0. The molecule has 1 aliphatic heterocycles. The van der Waals surface area contributed by atoms with Crippen LogP contribution in [0.25, 0.3) is 0 Å². The van der Waals surface area contributed by atoms with E-state index in [0.717, 1.165) is 58.1 Å². The number of ether oxygens (including phenoxy) is 1. The molecular weight excluding hydrogens is 405 g/mol. The first-order chi connectivity index (χ1) is 10.6. The van der Waals surface area contributed by atoms with Crippen molar-refractivity contribution in [1.82, 2.24) is 10.2 Å². The third kappa shape index (κ3) is 9.72. The Morgan fingerprint density at radius 3 is 2.70 bits per heavy atom. The number of hydrogen-bond donors (Lipinski definition) is 2. The van der Waals surface area contributed by atoms with Gasteiger partial charge in [0.2, 0.25) is 0 Å². The van der Waals surface area contributed by atoms with Crippen molar-refractivity contribution >= 4 is 29.9 Å². The minimum Gasteiger partial charge on any atom is -0.396 e. The van der Waals surface area contributed by atoms with E-state index in [-0.39, 0.29) is 30.6 Å². The van der Waals surface area contributed by atoms with Gasteiger partial charge < -0.3 is 20.1 Å². The summed E-state index contributed by atoms with van der Waals surface area (Å²) in [5.41, 5.74) is 0.